The molecule has 0 aromatic heterocycles. The molecule has 0 aromatic rings. The van der Waals surface area contributed by atoms with Crippen molar-refractivity contribution < 1.29 is 4.89 Å². The summed E-state index contributed by atoms with van der Waals surface area (Å²) in [6, 6.07) is 0. The Balaban J connectivity index is 2.80. The molecule has 1 nitrogen and oxygen atoms in total. The first-order chi connectivity index (χ1) is 1.73. The molecule has 0 fully saturated rings. The van der Waals surface area contributed by atoms with E-state index in [-0.39, 0.29) is 0 Å². The van der Waals surface area contributed by atoms with E-state index in [0.29, 0.717) is 0 Å². The van der Waals surface area contributed by atoms with Crippen molar-refractivity contribution in [3.8, 4) is 0 Å². The number of hydrogen-bond acceptors (Lipinski definition) is 1. The fourth-order valence-corrected chi connectivity index (χ4v) is 0. The van der Waals surface area contributed by atoms with Crippen molar-refractivity contribution >= 4 is 25.4 Å². The van der Waals surface area contributed by atoms with Gasteiger partial charge in [-0.3, -0.25) is 0 Å². The summed E-state index contributed by atoms with van der Waals surface area (Å²) in [4.78, 5) is 9.14. The standard InChI is InChI=1S/BClOP/c1-4(2)3. The van der Waals surface area contributed by atoms with Crippen LogP contribution < -0.4 is 4.89 Å². The SMILES string of the molecule is [B]=[P+]([O-])Cl. The van der Waals surface area contributed by atoms with E-state index in [9.17, 15) is 0 Å². The average molecular weight is 93.2 g/mol. The molecule has 0 saturated heterocycles. The normalized spacial score (nSPS) is 10.8. The van der Waals surface area contributed by atoms with Crippen LogP contribution in [0.15, 0.2) is 0 Å². The Morgan fingerprint density at radius 1 is 2.00 bits per heavy atom. The Labute approximate surface area is 31.2 Å². The molecule has 21 valence electrons. The molecule has 0 aliphatic rings. The number of rotatable bonds is 0. The number of halogens is 1. The first-order valence-corrected chi connectivity index (χ1v) is 2.84. The molecule has 0 aromatic carbocycles. The van der Waals surface area contributed by atoms with Crippen molar-refractivity contribution in [3.05, 3.63) is 0 Å². The molecule has 0 bridgehead atoms. The zero-order valence-corrected chi connectivity index (χ0v) is 3.46. The molecular weight excluding hydrogens is 93.2 g/mol. The van der Waals surface area contributed by atoms with Crippen molar-refractivity contribution in [2.45, 2.75) is 0 Å². The molecule has 0 aliphatic carbocycles. The summed E-state index contributed by atoms with van der Waals surface area (Å²) >= 11 is 4.56. The molecule has 0 aliphatic heterocycles. The maximum atomic E-state index is 9.14. The maximum absolute atomic E-state index is 9.14. The third-order valence-corrected chi connectivity index (χ3v) is 0. The van der Waals surface area contributed by atoms with Crippen molar-refractivity contribution in [1.29, 1.82) is 0 Å². The Morgan fingerprint density at radius 3 is 2.00 bits per heavy atom. The van der Waals surface area contributed by atoms with Crippen LogP contribution in [-0.2, 0) is 0 Å². The van der Waals surface area contributed by atoms with Crippen LogP contribution in [0.5, 0.6) is 0 Å². The van der Waals surface area contributed by atoms with E-state index in [1.807, 2.05) is 0 Å². The first kappa shape index (κ1) is 4.61. The van der Waals surface area contributed by atoms with Gasteiger partial charge in [0.15, 0.2) is 0 Å². The Hall–Kier alpha value is 0.615. The zero-order chi connectivity index (χ0) is 3.58. The molecule has 0 rings (SSSR count). The molecule has 1 atom stereocenters. The molecule has 0 saturated carbocycles. The molecule has 4 heavy (non-hydrogen) atoms. The molecule has 1 unspecified atom stereocenters. The topological polar surface area (TPSA) is 23.1 Å². The average Bonchev–Trinajstić information content (AvgIpc) is 0.811. The van der Waals surface area contributed by atoms with Gasteiger partial charge in [-0.15, -0.1) is 0 Å². The van der Waals surface area contributed by atoms with Crippen LogP contribution in [0, 0.1) is 0 Å². The summed E-state index contributed by atoms with van der Waals surface area (Å²) in [7, 11) is 4.39. The van der Waals surface area contributed by atoms with Gasteiger partial charge in [-0.1, -0.05) is 0 Å². The Morgan fingerprint density at radius 2 is 2.00 bits per heavy atom. The summed E-state index contributed by atoms with van der Waals surface area (Å²) in [5.41, 5.74) is 0. The van der Waals surface area contributed by atoms with E-state index in [0.717, 1.165) is 0 Å². The Kier molecular flexibility index (Phi) is 2.18. The van der Waals surface area contributed by atoms with Crippen LogP contribution in [0.2, 0.25) is 0 Å². The fourth-order valence-electron chi connectivity index (χ4n) is 0. The van der Waals surface area contributed by atoms with E-state index in [2.05, 4.69) is 18.4 Å². The fraction of sp³-hybridized carbons (Fsp3) is 0. The van der Waals surface area contributed by atoms with E-state index in [1.165, 1.54) is 0 Å². The second-order valence-corrected chi connectivity index (χ2v) is 1.82. The predicted octanol–water partition coefficient (Wildman–Crippen LogP) is -0.0191. The summed E-state index contributed by atoms with van der Waals surface area (Å²) in [6.45, 7) is -1.90. The first-order valence-electron chi connectivity index (χ1n) is 0.610. The van der Waals surface area contributed by atoms with Crippen LogP contribution in [0.4, 0.5) is 0 Å². The van der Waals surface area contributed by atoms with Gasteiger partial charge < -0.3 is 0 Å². The third kappa shape index (κ3) is 18.0. The second-order valence-electron chi connectivity index (χ2n) is 0.272. The van der Waals surface area contributed by atoms with Gasteiger partial charge in [0.1, 0.15) is 0 Å². The van der Waals surface area contributed by atoms with Crippen molar-refractivity contribution in [2.75, 3.05) is 0 Å². The van der Waals surface area contributed by atoms with E-state index < -0.39 is 6.99 Å². The minimum absolute atomic E-state index is 1.90. The van der Waals surface area contributed by atoms with Gasteiger partial charge in [0.25, 0.3) is 0 Å². The molecular formula is BClOP. The van der Waals surface area contributed by atoms with Crippen LogP contribution >= 0.6 is 18.2 Å². The molecule has 0 heterocycles. The van der Waals surface area contributed by atoms with Gasteiger partial charge in [-0.2, -0.15) is 0 Å². The van der Waals surface area contributed by atoms with E-state index in [4.69, 9.17) is 4.89 Å². The summed E-state index contributed by atoms with van der Waals surface area (Å²) in [5.74, 6) is 0. The molecule has 0 amide bonds. The minimum atomic E-state index is -1.90. The quantitative estimate of drug-likeness (QED) is 0.305. The van der Waals surface area contributed by atoms with Gasteiger partial charge in [0.2, 0.25) is 0 Å². The van der Waals surface area contributed by atoms with Gasteiger partial charge in [0, 0.05) is 0 Å². The van der Waals surface area contributed by atoms with E-state index in [1.54, 1.807) is 0 Å². The monoisotopic (exact) mass is 92.9 g/mol. The Bertz CT molecular complexity index is 31.0. The molecule has 4 heteroatoms. The molecule has 1 radical (unpaired) electrons. The number of hydrogen-bond donors (Lipinski definition) is 0. The third-order valence-electron chi connectivity index (χ3n) is 0. The van der Waals surface area contributed by atoms with Crippen LogP contribution in [-0.4, -0.2) is 7.18 Å². The van der Waals surface area contributed by atoms with Crippen molar-refractivity contribution in [2.24, 2.45) is 0 Å². The van der Waals surface area contributed by atoms with Crippen molar-refractivity contribution in [3.63, 3.8) is 0 Å². The van der Waals surface area contributed by atoms with Gasteiger partial charge in [0.05, 0.1) is 0 Å². The van der Waals surface area contributed by atoms with Gasteiger partial charge in [-0.25, -0.2) is 0 Å². The molecule has 0 spiro atoms. The molecule has 0 N–H and O–H groups in total. The van der Waals surface area contributed by atoms with Gasteiger partial charge >= 0.3 is 30.3 Å². The van der Waals surface area contributed by atoms with E-state index >= 15 is 0 Å². The van der Waals surface area contributed by atoms with Crippen LogP contribution in [0.1, 0.15) is 0 Å². The predicted molar refractivity (Wildman–Crippen MR) is 18.5 cm³/mol. The van der Waals surface area contributed by atoms with Gasteiger partial charge in [-0.05, 0) is 0 Å². The summed E-state index contributed by atoms with van der Waals surface area (Å²) in [6.07, 6.45) is 0. The summed E-state index contributed by atoms with van der Waals surface area (Å²) in [5, 5.41) is 0. The zero-order valence-electron chi connectivity index (χ0n) is 1.81. The van der Waals surface area contributed by atoms with Crippen LogP contribution in [0.3, 0.4) is 0 Å². The summed E-state index contributed by atoms with van der Waals surface area (Å²) < 4.78 is 0. The second kappa shape index (κ2) is 1.89. The van der Waals surface area contributed by atoms with Crippen LogP contribution in [0.25, 0.3) is 0 Å². The van der Waals surface area contributed by atoms with Crippen molar-refractivity contribution in [1.82, 2.24) is 0 Å².